The van der Waals surface area contributed by atoms with Crippen molar-refractivity contribution in [2.24, 2.45) is 0 Å². The zero-order valence-corrected chi connectivity index (χ0v) is 8.39. The number of carbonyl (C=O) groups excluding carboxylic acids is 1. The number of nitrogens with one attached hydrogen (secondary N) is 1. The van der Waals surface area contributed by atoms with Crippen molar-refractivity contribution in [1.82, 2.24) is 15.5 Å². The van der Waals surface area contributed by atoms with Gasteiger partial charge in [-0.2, -0.15) is 0 Å². The first kappa shape index (κ1) is 10.4. The molecule has 1 amide bonds. The molecule has 5 nitrogen and oxygen atoms in total. The number of aliphatic hydroxyl groups excluding tert-OH is 1. The van der Waals surface area contributed by atoms with E-state index in [1.165, 1.54) is 0 Å². The summed E-state index contributed by atoms with van der Waals surface area (Å²) in [6.07, 6.45) is 0. The monoisotopic (exact) mass is 221 g/mol. The van der Waals surface area contributed by atoms with Crippen LogP contribution in [0.5, 0.6) is 0 Å². The Morgan fingerprint density at radius 2 is 2.46 bits per heavy atom. The summed E-state index contributed by atoms with van der Waals surface area (Å²) in [6.45, 7) is 1.57. The van der Waals surface area contributed by atoms with Gasteiger partial charge in [0, 0.05) is 6.04 Å². The van der Waals surface area contributed by atoms with Crippen molar-refractivity contribution in [3.8, 4) is 0 Å². The Bertz CT molecular complexity index is 304. The molecule has 0 bridgehead atoms. The number of hydrogen-bond donors (Lipinski definition) is 2. The van der Waals surface area contributed by atoms with E-state index in [2.05, 4.69) is 15.5 Å². The summed E-state index contributed by atoms with van der Waals surface area (Å²) in [7, 11) is 0. The number of aliphatic hydroxyl groups is 1. The maximum absolute atomic E-state index is 11.3. The SMILES string of the molecule is C[C@@H](CO)NC(=O)c1nnc(Cl)s1. The molecule has 1 rings (SSSR count). The van der Waals surface area contributed by atoms with Gasteiger partial charge in [-0.05, 0) is 18.5 Å². The fourth-order valence-corrected chi connectivity index (χ4v) is 1.36. The third kappa shape index (κ3) is 2.91. The second-order valence-electron chi connectivity index (χ2n) is 2.42. The lowest BCUT2D eigenvalue weighted by Gasteiger charge is -2.07. The highest BCUT2D eigenvalue weighted by Crippen LogP contribution is 2.14. The molecule has 0 fully saturated rings. The largest absolute Gasteiger partial charge is 0.394 e. The zero-order valence-electron chi connectivity index (χ0n) is 6.82. The van der Waals surface area contributed by atoms with E-state index in [4.69, 9.17) is 16.7 Å². The Balaban J connectivity index is 2.58. The van der Waals surface area contributed by atoms with E-state index < -0.39 is 0 Å². The van der Waals surface area contributed by atoms with Crippen LogP contribution in [0.2, 0.25) is 4.47 Å². The van der Waals surface area contributed by atoms with Gasteiger partial charge in [0.25, 0.3) is 5.91 Å². The molecule has 0 aliphatic heterocycles. The Kier molecular flexibility index (Phi) is 3.58. The summed E-state index contributed by atoms with van der Waals surface area (Å²) in [5.41, 5.74) is 0. The highest BCUT2D eigenvalue weighted by atomic mass is 35.5. The number of rotatable bonds is 3. The standard InChI is InChI=1S/C6H8ClN3O2S/c1-3(2-11)8-4(12)5-9-10-6(7)13-5/h3,11H,2H2,1H3,(H,8,12)/t3-/m0/s1. The first-order valence-corrected chi connectivity index (χ1v) is 4.73. The molecular formula is C6H8ClN3O2S. The molecular weight excluding hydrogens is 214 g/mol. The number of aromatic nitrogens is 2. The highest BCUT2D eigenvalue weighted by Gasteiger charge is 2.13. The summed E-state index contributed by atoms with van der Waals surface area (Å²) in [5, 5.41) is 18.4. The maximum Gasteiger partial charge on any atom is 0.282 e. The molecule has 7 heteroatoms. The molecule has 1 atom stereocenters. The highest BCUT2D eigenvalue weighted by molar-refractivity contribution is 7.17. The maximum atomic E-state index is 11.3. The first-order valence-electron chi connectivity index (χ1n) is 3.54. The van der Waals surface area contributed by atoms with Crippen LogP contribution in [-0.4, -0.2) is 33.9 Å². The van der Waals surface area contributed by atoms with Crippen molar-refractivity contribution in [2.75, 3.05) is 6.61 Å². The summed E-state index contributed by atoms with van der Waals surface area (Å²) >= 11 is 6.49. The van der Waals surface area contributed by atoms with E-state index >= 15 is 0 Å². The molecule has 72 valence electrons. The van der Waals surface area contributed by atoms with Gasteiger partial charge in [0.2, 0.25) is 9.47 Å². The van der Waals surface area contributed by atoms with Crippen LogP contribution < -0.4 is 5.32 Å². The minimum atomic E-state index is -0.369. The van der Waals surface area contributed by atoms with Crippen molar-refractivity contribution >= 4 is 28.8 Å². The second kappa shape index (κ2) is 4.50. The predicted octanol–water partition coefficient (Wildman–Crippen LogP) is 0.302. The van der Waals surface area contributed by atoms with Crippen molar-refractivity contribution in [2.45, 2.75) is 13.0 Å². The zero-order chi connectivity index (χ0) is 9.84. The van der Waals surface area contributed by atoms with Crippen molar-refractivity contribution in [1.29, 1.82) is 0 Å². The van der Waals surface area contributed by atoms with Gasteiger partial charge < -0.3 is 10.4 Å². The van der Waals surface area contributed by atoms with Crippen LogP contribution in [-0.2, 0) is 0 Å². The lowest BCUT2D eigenvalue weighted by molar-refractivity contribution is 0.0921. The van der Waals surface area contributed by atoms with Crippen LogP contribution >= 0.6 is 22.9 Å². The first-order chi connectivity index (χ1) is 6.13. The van der Waals surface area contributed by atoms with Gasteiger partial charge >= 0.3 is 0 Å². The molecule has 0 aromatic carbocycles. The second-order valence-corrected chi connectivity index (χ2v) is 3.98. The molecule has 0 spiro atoms. The van der Waals surface area contributed by atoms with Crippen LogP contribution in [0.1, 0.15) is 16.7 Å². The molecule has 13 heavy (non-hydrogen) atoms. The molecule has 1 aromatic rings. The minimum absolute atomic E-state index is 0.113. The fourth-order valence-electron chi connectivity index (χ4n) is 0.628. The Hall–Kier alpha value is -0.720. The van der Waals surface area contributed by atoms with E-state index in [0.29, 0.717) is 0 Å². The van der Waals surface area contributed by atoms with Crippen LogP contribution in [0.15, 0.2) is 0 Å². The van der Waals surface area contributed by atoms with Gasteiger partial charge in [-0.1, -0.05) is 11.3 Å². The Morgan fingerprint density at radius 3 is 2.92 bits per heavy atom. The predicted molar refractivity (Wildman–Crippen MR) is 48.9 cm³/mol. The molecule has 0 saturated heterocycles. The Labute approximate surface area is 83.7 Å². The van der Waals surface area contributed by atoms with Gasteiger partial charge in [0.15, 0.2) is 0 Å². The average Bonchev–Trinajstić information content (AvgIpc) is 2.51. The van der Waals surface area contributed by atoms with Crippen molar-refractivity contribution in [3.05, 3.63) is 9.47 Å². The molecule has 0 unspecified atom stereocenters. The van der Waals surface area contributed by atoms with E-state index in [0.717, 1.165) is 11.3 Å². The topological polar surface area (TPSA) is 75.1 Å². The van der Waals surface area contributed by atoms with Crippen molar-refractivity contribution in [3.63, 3.8) is 0 Å². The van der Waals surface area contributed by atoms with Gasteiger partial charge in [-0.15, -0.1) is 10.2 Å². The number of amides is 1. The number of carbonyl (C=O) groups is 1. The number of halogens is 1. The summed E-state index contributed by atoms with van der Waals surface area (Å²) in [5.74, 6) is -0.369. The van der Waals surface area contributed by atoms with Crippen LogP contribution in [0.25, 0.3) is 0 Å². The summed E-state index contributed by atoms with van der Waals surface area (Å²) in [4.78, 5) is 11.3. The third-order valence-electron chi connectivity index (χ3n) is 1.25. The smallest absolute Gasteiger partial charge is 0.282 e. The molecule has 2 N–H and O–H groups in total. The van der Waals surface area contributed by atoms with Gasteiger partial charge in [-0.25, -0.2) is 0 Å². The van der Waals surface area contributed by atoms with Crippen molar-refractivity contribution < 1.29 is 9.90 Å². The number of hydrogen-bond acceptors (Lipinski definition) is 5. The molecule has 1 aromatic heterocycles. The lowest BCUT2D eigenvalue weighted by Crippen LogP contribution is -2.34. The molecule has 0 aliphatic carbocycles. The summed E-state index contributed by atoms with van der Waals surface area (Å²) in [6, 6.07) is -0.296. The molecule has 1 heterocycles. The Morgan fingerprint density at radius 1 is 1.77 bits per heavy atom. The quantitative estimate of drug-likeness (QED) is 0.770. The van der Waals surface area contributed by atoms with Crippen LogP contribution in [0.4, 0.5) is 0 Å². The lowest BCUT2D eigenvalue weighted by atomic mass is 10.3. The van der Waals surface area contributed by atoms with Gasteiger partial charge in [0.05, 0.1) is 6.61 Å². The average molecular weight is 222 g/mol. The van der Waals surface area contributed by atoms with Crippen LogP contribution in [0, 0.1) is 0 Å². The van der Waals surface area contributed by atoms with E-state index in [1.54, 1.807) is 6.92 Å². The molecule has 0 aliphatic rings. The van der Waals surface area contributed by atoms with Gasteiger partial charge in [0.1, 0.15) is 0 Å². The third-order valence-corrected chi connectivity index (χ3v) is 2.26. The fraction of sp³-hybridized carbons (Fsp3) is 0.500. The normalized spacial score (nSPS) is 12.5. The minimum Gasteiger partial charge on any atom is -0.394 e. The molecule has 0 saturated carbocycles. The van der Waals surface area contributed by atoms with Gasteiger partial charge in [-0.3, -0.25) is 4.79 Å². The summed E-state index contributed by atoms with van der Waals surface area (Å²) < 4.78 is 0.224. The van der Waals surface area contributed by atoms with E-state index in [-0.39, 0.29) is 28.0 Å². The number of nitrogens with zero attached hydrogens (tertiary/aromatic N) is 2. The van der Waals surface area contributed by atoms with E-state index in [9.17, 15) is 4.79 Å². The van der Waals surface area contributed by atoms with E-state index in [1.807, 2.05) is 0 Å². The molecule has 0 radical (unpaired) electrons. The van der Waals surface area contributed by atoms with Crippen LogP contribution in [0.3, 0.4) is 0 Å².